The first-order chi connectivity index (χ1) is 13.5. The Balaban J connectivity index is 1.94. The van der Waals surface area contributed by atoms with Crippen LogP contribution in [0.3, 0.4) is 0 Å². The Bertz CT molecular complexity index is 869. The summed E-state index contributed by atoms with van der Waals surface area (Å²) in [5.41, 5.74) is 1.89. The standard InChI is InChI=1S/C22H23BrO4S/c1-3-10-27-16-7-5-14(6-8-16)17-12-15(21-18(23)9-11-28-21)13-19(24)20(17)22(25)26-4-2/h5-9,11,13,17,20H,3-4,10,12H2,1-2H3/t17-,20-/m1/s1. The highest BCUT2D eigenvalue weighted by Gasteiger charge is 2.40. The zero-order chi connectivity index (χ0) is 20.1. The van der Waals surface area contributed by atoms with Crippen LogP contribution >= 0.6 is 27.3 Å². The maximum absolute atomic E-state index is 12.9. The molecule has 4 nitrogen and oxygen atoms in total. The van der Waals surface area contributed by atoms with Crippen LogP contribution in [0.1, 0.15) is 43.0 Å². The quantitative estimate of drug-likeness (QED) is 0.395. The fourth-order valence-electron chi connectivity index (χ4n) is 3.41. The number of ketones is 1. The van der Waals surface area contributed by atoms with Crippen LogP contribution in [0.5, 0.6) is 5.75 Å². The lowest BCUT2D eigenvalue weighted by Gasteiger charge is -2.29. The smallest absolute Gasteiger partial charge is 0.317 e. The number of thiophene rings is 1. The van der Waals surface area contributed by atoms with Gasteiger partial charge in [0.05, 0.1) is 13.2 Å². The zero-order valence-corrected chi connectivity index (χ0v) is 18.3. The molecule has 0 unspecified atom stereocenters. The predicted octanol–water partition coefficient (Wildman–Crippen LogP) is 5.62. The molecule has 0 saturated heterocycles. The van der Waals surface area contributed by atoms with Crippen LogP contribution in [-0.4, -0.2) is 25.0 Å². The van der Waals surface area contributed by atoms with Gasteiger partial charge in [0.1, 0.15) is 11.7 Å². The molecule has 6 heteroatoms. The molecule has 1 aliphatic rings. The Hall–Kier alpha value is -1.92. The number of hydrogen-bond acceptors (Lipinski definition) is 5. The Morgan fingerprint density at radius 3 is 2.57 bits per heavy atom. The van der Waals surface area contributed by atoms with Gasteiger partial charge in [0.25, 0.3) is 0 Å². The van der Waals surface area contributed by atoms with E-state index in [9.17, 15) is 9.59 Å². The zero-order valence-electron chi connectivity index (χ0n) is 15.9. The van der Waals surface area contributed by atoms with Gasteiger partial charge >= 0.3 is 5.97 Å². The third-order valence-electron chi connectivity index (χ3n) is 4.70. The van der Waals surface area contributed by atoms with Gasteiger partial charge in [-0.05, 0) is 76.5 Å². The highest BCUT2D eigenvalue weighted by molar-refractivity contribution is 9.10. The van der Waals surface area contributed by atoms with Crippen molar-refractivity contribution in [3.05, 3.63) is 56.7 Å². The summed E-state index contributed by atoms with van der Waals surface area (Å²) in [4.78, 5) is 26.5. The van der Waals surface area contributed by atoms with Gasteiger partial charge in [-0.1, -0.05) is 19.1 Å². The summed E-state index contributed by atoms with van der Waals surface area (Å²) in [6.07, 6.45) is 3.14. The molecule has 3 rings (SSSR count). The van der Waals surface area contributed by atoms with Crippen molar-refractivity contribution in [2.45, 2.75) is 32.6 Å². The van der Waals surface area contributed by atoms with Crippen LogP contribution in [0.2, 0.25) is 0 Å². The van der Waals surface area contributed by atoms with E-state index in [4.69, 9.17) is 9.47 Å². The van der Waals surface area contributed by atoms with E-state index in [2.05, 4.69) is 22.9 Å². The lowest BCUT2D eigenvalue weighted by Crippen LogP contribution is -2.33. The van der Waals surface area contributed by atoms with Gasteiger partial charge in [0.15, 0.2) is 5.78 Å². The Labute approximate surface area is 177 Å². The number of carbonyl (C=O) groups excluding carboxylic acids is 2. The van der Waals surface area contributed by atoms with Crippen molar-refractivity contribution in [3.63, 3.8) is 0 Å². The fraction of sp³-hybridized carbons (Fsp3) is 0.364. The van der Waals surface area contributed by atoms with Gasteiger partial charge in [-0.15, -0.1) is 11.3 Å². The third-order valence-corrected chi connectivity index (χ3v) is 6.61. The molecular weight excluding hydrogens is 440 g/mol. The number of carbonyl (C=O) groups is 2. The first-order valence-electron chi connectivity index (χ1n) is 9.42. The second kappa shape index (κ2) is 9.52. The predicted molar refractivity (Wildman–Crippen MR) is 115 cm³/mol. The lowest BCUT2D eigenvalue weighted by molar-refractivity contribution is -0.151. The first-order valence-corrected chi connectivity index (χ1v) is 11.1. The molecule has 0 N–H and O–H groups in total. The molecule has 0 radical (unpaired) electrons. The average Bonchev–Trinajstić information content (AvgIpc) is 3.12. The van der Waals surface area contributed by atoms with E-state index >= 15 is 0 Å². The number of esters is 1. The van der Waals surface area contributed by atoms with E-state index < -0.39 is 11.9 Å². The normalized spacial score (nSPS) is 19.2. The third kappa shape index (κ3) is 4.55. The molecule has 148 valence electrons. The van der Waals surface area contributed by atoms with Crippen molar-refractivity contribution >= 4 is 44.6 Å². The summed E-state index contributed by atoms with van der Waals surface area (Å²) in [5.74, 6) is -0.941. The fourth-order valence-corrected chi connectivity index (χ4v) is 5.07. The maximum atomic E-state index is 12.9. The number of hydrogen-bond donors (Lipinski definition) is 0. The van der Waals surface area contributed by atoms with Crippen molar-refractivity contribution in [3.8, 4) is 5.75 Å². The van der Waals surface area contributed by atoms with Crippen molar-refractivity contribution in [2.75, 3.05) is 13.2 Å². The number of rotatable bonds is 7. The summed E-state index contributed by atoms with van der Waals surface area (Å²) < 4.78 is 11.8. The molecule has 0 aliphatic heterocycles. The molecule has 0 amide bonds. The Morgan fingerprint density at radius 1 is 1.21 bits per heavy atom. The second-order valence-corrected chi connectivity index (χ2v) is 8.40. The van der Waals surface area contributed by atoms with Crippen LogP contribution in [-0.2, 0) is 14.3 Å². The van der Waals surface area contributed by atoms with Gasteiger partial charge in [-0.25, -0.2) is 0 Å². The second-order valence-electron chi connectivity index (χ2n) is 6.63. The molecule has 0 saturated carbocycles. The number of halogens is 1. The van der Waals surface area contributed by atoms with Crippen LogP contribution in [0, 0.1) is 5.92 Å². The summed E-state index contributed by atoms with van der Waals surface area (Å²) in [5, 5.41) is 1.98. The summed E-state index contributed by atoms with van der Waals surface area (Å²) in [6.45, 7) is 4.73. The van der Waals surface area contributed by atoms with Gasteiger partial charge in [0.2, 0.25) is 0 Å². The summed E-state index contributed by atoms with van der Waals surface area (Å²) in [7, 11) is 0. The largest absolute Gasteiger partial charge is 0.494 e. The van der Waals surface area contributed by atoms with E-state index in [1.165, 1.54) is 0 Å². The molecule has 0 fully saturated rings. The van der Waals surface area contributed by atoms with E-state index in [0.717, 1.165) is 32.7 Å². The average molecular weight is 463 g/mol. The Morgan fingerprint density at radius 2 is 1.96 bits per heavy atom. The van der Waals surface area contributed by atoms with Crippen LogP contribution in [0.4, 0.5) is 0 Å². The van der Waals surface area contributed by atoms with E-state index in [1.807, 2.05) is 35.7 Å². The minimum atomic E-state index is -0.815. The molecule has 2 atom stereocenters. The monoisotopic (exact) mass is 462 g/mol. The summed E-state index contributed by atoms with van der Waals surface area (Å²) >= 11 is 5.13. The highest BCUT2D eigenvalue weighted by Crippen LogP contribution is 2.43. The van der Waals surface area contributed by atoms with E-state index in [0.29, 0.717) is 13.0 Å². The molecular formula is C22H23BrO4S. The lowest BCUT2D eigenvalue weighted by atomic mass is 9.74. The molecule has 1 heterocycles. The van der Waals surface area contributed by atoms with Gasteiger partial charge in [-0.2, -0.15) is 0 Å². The van der Waals surface area contributed by atoms with E-state index in [1.54, 1.807) is 24.3 Å². The van der Waals surface area contributed by atoms with Crippen LogP contribution in [0.15, 0.2) is 46.3 Å². The number of allylic oxidation sites excluding steroid dienone is 2. The molecule has 2 aromatic rings. The Kier molecular flexibility index (Phi) is 7.08. The number of benzene rings is 1. The molecule has 1 aromatic carbocycles. The SMILES string of the molecule is CCCOc1ccc([C@H]2CC(c3sccc3Br)=CC(=O)[C@@H]2C(=O)OCC)cc1. The molecule has 28 heavy (non-hydrogen) atoms. The topological polar surface area (TPSA) is 52.6 Å². The maximum Gasteiger partial charge on any atom is 0.317 e. The van der Waals surface area contributed by atoms with Gasteiger partial charge < -0.3 is 9.47 Å². The minimum Gasteiger partial charge on any atom is -0.494 e. The van der Waals surface area contributed by atoms with Crippen molar-refractivity contribution in [1.29, 1.82) is 0 Å². The molecule has 1 aliphatic carbocycles. The molecule has 0 bridgehead atoms. The first kappa shape index (κ1) is 20.8. The van der Waals surface area contributed by atoms with Crippen molar-refractivity contribution < 1.29 is 19.1 Å². The van der Waals surface area contributed by atoms with Gasteiger partial charge in [0, 0.05) is 15.3 Å². The summed E-state index contributed by atoms with van der Waals surface area (Å²) in [6, 6.07) is 9.66. The van der Waals surface area contributed by atoms with Crippen LogP contribution < -0.4 is 4.74 Å². The van der Waals surface area contributed by atoms with E-state index in [-0.39, 0.29) is 18.3 Å². The minimum absolute atomic E-state index is 0.198. The number of ether oxygens (including phenoxy) is 2. The molecule has 0 spiro atoms. The van der Waals surface area contributed by atoms with Crippen molar-refractivity contribution in [1.82, 2.24) is 0 Å². The van der Waals surface area contributed by atoms with Crippen molar-refractivity contribution in [2.24, 2.45) is 5.92 Å². The highest BCUT2D eigenvalue weighted by atomic mass is 79.9. The molecule has 1 aromatic heterocycles. The van der Waals surface area contributed by atoms with Gasteiger partial charge in [-0.3, -0.25) is 9.59 Å². The van der Waals surface area contributed by atoms with Crippen LogP contribution in [0.25, 0.3) is 5.57 Å².